The minimum absolute atomic E-state index is 0.0434. The van der Waals surface area contributed by atoms with Crippen LogP contribution in [0.25, 0.3) is 10.6 Å². The lowest BCUT2D eigenvalue weighted by Gasteiger charge is -2.24. The molecule has 1 aromatic heterocycles. The van der Waals surface area contributed by atoms with Crippen LogP contribution >= 0.6 is 11.3 Å². The summed E-state index contributed by atoms with van der Waals surface area (Å²) in [6.07, 6.45) is 0.361. The summed E-state index contributed by atoms with van der Waals surface area (Å²) in [5, 5.41) is 15.0. The van der Waals surface area contributed by atoms with Gasteiger partial charge in [0.2, 0.25) is 16.9 Å². The van der Waals surface area contributed by atoms with Crippen molar-refractivity contribution in [3.63, 3.8) is 0 Å². The van der Waals surface area contributed by atoms with Crippen molar-refractivity contribution in [3.05, 3.63) is 29.8 Å². The number of rotatable bonds is 6. The maximum atomic E-state index is 12.7. The molecule has 2 rings (SSSR count). The summed E-state index contributed by atoms with van der Waals surface area (Å²) in [4.78, 5) is 24.9. The van der Waals surface area contributed by atoms with Crippen molar-refractivity contribution in [1.29, 1.82) is 0 Å². The van der Waals surface area contributed by atoms with Gasteiger partial charge in [0.1, 0.15) is 11.0 Å². The van der Waals surface area contributed by atoms with Gasteiger partial charge in [0, 0.05) is 12.0 Å². The Morgan fingerprint density at radius 2 is 1.89 bits per heavy atom. The Morgan fingerprint density at radius 1 is 1.19 bits per heavy atom. The van der Waals surface area contributed by atoms with Crippen LogP contribution in [0.4, 0.5) is 5.13 Å². The monoisotopic (exact) mass is 388 g/mol. The summed E-state index contributed by atoms with van der Waals surface area (Å²) >= 11 is 1.31. The first-order valence-electron chi connectivity index (χ1n) is 9.06. The van der Waals surface area contributed by atoms with Gasteiger partial charge in [-0.3, -0.25) is 14.9 Å². The van der Waals surface area contributed by atoms with E-state index in [9.17, 15) is 9.59 Å². The minimum atomic E-state index is -0.619. The summed E-state index contributed by atoms with van der Waals surface area (Å²) in [5.41, 5.74) is 1.96. The first kappa shape index (κ1) is 21.0. The van der Waals surface area contributed by atoms with E-state index in [1.807, 2.05) is 65.8 Å². The van der Waals surface area contributed by atoms with Crippen LogP contribution in [-0.4, -0.2) is 28.1 Å². The zero-order chi connectivity index (χ0) is 20.2. The van der Waals surface area contributed by atoms with E-state index < -0.39 is 6.04 Å². The van der Waals surface area contributed by atoms with Gasteiger partial charge in [-0.05, 0) is 24.3 Å². The number of carbonyl (C=O) groups excluding carboxylic acids is 2. The molecule has 0 aliphatic carbocycles. The fraction of sp³-hybridized carbons (Fsp3) is 0.500. The van der Waals surface area contributed by atoms with E-state index in [1.54, 1.807) is 0 Å². The lowest BCUT2D eigenvalue weighted by Crippen LogP contribution is -2.47. The molecular formula is C20H28N4O2S. The van der Waals surface area contributed by atoms with E-state index in [4.69, 9.17) is 0 Å². The standard InChI is InChI=1S/C20H28N4O2S/c1-12(2)16(21-15(25)11-20(4,5)6)17(26)22-19-24-23-18(27-19)14-9-7-8-13(3)10-14/h7-10,12,16H,11H2,1-6H3,(H,21,25)(H,22,24,26). The highest BCUT2D eigenvalue weighted by molar-refractivity contribution is 7.18. The van der Waals surface area contributed by atoms with Gasteiger partial charge < -0.3 is 5.32 Å². The van der Waals surface area contributed by atoms with Crippen molar-refractivity contribution < 1.29 is 9.59 Å². The number of anilines is 1. The third kappa shape index (κ3) is 6.43. The van der Waals surface area contributed by atoms with Crippen LogP contribution in [0.15, 0.2) is 24.3 Å². The van der Waals surface area contributed by atoms with Gasteiger partial charge in [0.15, 0.2) is 0 Å². The molecule has 0 aliphatic heterocycles. The second-order valence-electron chi connectivity index (χ2n) is 8.30. The van der Waals surface area contributed by atoms with Crippen molar-refractivity contribution in [2.24, 2.45) is 11.3 Å². The number of hydrogen-bond acceptors (Lipinski definition) is 5. The summed E-state index contributed by atoms with van der Waals surface area (Å²) in [6, 6.07) is 7.34. The zero-order valence-corrected chi connectivity index (χ0v) is 17.6. The Balaban J connectivity index is 2.06. The maximum Gasteiger partial charge on any atom is 0.249 e. The molecule has 1 atom stereocenters. The van der Waals surface area contributed by atoms with Crippen molar-refractivity contribution in [3.8, 4) is 10.6 Å². The quantitative estimate of drug-likeness (QED) is 0.782. The molecule has 2 amide bonds. The molecule has 7 heteroatoms. The average Bonchev–Trinajstić information content (AvgIpc) is 2.99. The molecule has 0 aliphatic rings. The van der Waals surface area contributed by atoms with Gasteiger partial charge >= 0.3 is 0 Å². The molecule has 0 spiro atoms. The van der Waals surface area contributed by atoms with Gasteiger partial charge in [-0.2, -0.15) is 0 Å². The summed E-state index contributed by atoms with van der Waals surface area (Å²) < 4.78 is 0. The summed E-state index contributed by atoms with van der Waals surface area (Å²) in [7, 11) is 0. The van der Waals surface area contributed by atoms with Crippen molar-refractivity contribution >= 4 is 28.3 Å². The Kier molecular flexibility index (Phi) is 6.70. The lowest BCUT2D eigenvalue weighted by atomic mass is 9.91. The first-order valence-corrected chi connectivity index (χ1v) is 9.87. The van der Waals surface area contributed by atoms with Crippen LogP contribution in [0.5, 0.6) is 0 Å². The zero-order valence-electron chi connectivity index (χ0n) is 16.8. The van der Waals surface area contributed by atoms with Crippen LogP contribution in [0.1, 0.15) is 46.6 Å². The Morgan fingerprint density at radius 3 is 2.48 bits per heavy atom. The number of hydrogen-bond donors (Lipinski definition) is 2. The van der Waals surface area contributed by atoms with Crippen molar-refractivity contribution in [2.45, 2.75) is 54.0 Å². The van der Waals surface area contributed by atoms with E-state index in [-0.39, 0.29) is 23.1 Å². The topological polar surface area (TPSA) is 84.0 Å². The number of carbonyl (C=O) groups is 2. The fourth-order valence-electron chi connectivity index (χ4n) is 2.59. The van der Waals surface area contributed by atoms with E-state index in [0.717, 1.165) is 16.1 Å². The number of nitrogens with zero attached hydrogens (tertiary/aromatic N) is 2. The van der Waals surface area contributed by atoms with Crippen LogP contribution < -0.4 is 10.6 Å². The van der Waals surface area contributed by atoms with Crippen LogP contribution in [-0.2, 0) is 9.59 Å². The molecule has 0 radical (unpaired) electrons. The third-order valence-corrected chi connectivity index (χ3v) is 4.76. The smallest absolute Gasteiger partial charge is 0.249 e. The SMILES string of the molecule is Cc1cccc(-c2nnc(NC(=O)C(NC(=O)CC(C)(C)C)C(C)C)s2)c1. The molecule has 6 nitrogen and oxygen atoms in total. The van der Waals surface area contributed by atoms with Gasteiger partial charge in [-0.25, -0.2) is 0 Å². The second kappa shape index (κ2) is 8.61. The molecule has 146 valence electrons. The number of nitrogens with one attached hydrogen (secondary N) is 2. The number of aryl methyl sites for hydroxylation is 1. The largest absolute Gasteiger partial charge is 0.344 e. The highest BCUT2D eigenvalue weighted by Gasteiger charge is 2.27. The molecule has 1 aromatic carbocycles. The maximum absolute atomic E-state index is 12.7. The lowest BCUT2D eigenvalue weighted by molar-refractivity contribution is -0.128. The predicted octanol–water partition coefficient (Wildman–Crippen LogP) is 4.03. The molecule has 1 unspecified atom stereocenters. The molecule has 2 aromatic rings. The highest BCUT2D eigenvalue weighted by Crippen LogP contribution is 2.27. The highest BCUT2D eigenvalue weighted by atomic mass is 32.1. The normalized spacial score (nSPS) is 12.7. The molecule has 0 fully saturated rings. The Bertz CT molecular complexity index is 808. The van der Waals surface area contributed by atoms with Gasteiger partial charge in [0.25, 0.3) is 0 Å². The predicted molar refractivity (Wildman–Crippen MR) is 110 cm³/mol. The van der Waals surface area contributed by atoms with E-state index >= 15 is 0 Å². The van der Waals surface area contributed by atoms with E-state index in [0.29, 0.717) is 11.6 Å². The van der Waals surface area contributed by atoms with E-state index in [1.165, 1.54) is 11.3 Å². The van der Waals surface area contributed by atoms with Crippen LogP contribution in [0.3, 0.4) is 0 Å². The molecular weight excluding hydrogens is 360 g/mol. The first-order chi connectivity index (χ1) is 12.5. The minimum Gasteiger partial charge on any atom is -0.344 e. The molecule has 0 saturated heterocycles. The second-order valence-corrected chi connectivity index (χ2v) is 9.28. The van der Waals surface area contributed by atoms with Crippen molar-refractivity contribution in [2.75, 3.05) is 5.32 Å². The number of aromatic nitrogens is 2. The van der Waals surface area contributed by atoms with Gasteiger partial charge in [-0.15, -0.1) is 10.2 Å². The Labute approximate surface area is 164 Å². The number of benzene rings is 1. The summed E-state index contributed by atoms with van der Waals surface area (Å²) in [6.45, 7) is 11.8. The van der Waals surface area contributed by atoms with Crippen molar-refractivity contribution in [1.82, 2.24) is 15.5 Å². The third-order valence-electron chi connectivity index (χ3n) is 3.88. The molecule has 0 saturated carbocycles. The van der Waals surface area contributed by atoms with Crippen LogP contribution in [0.2, 0.25) is 0 Å². The Hall–Kier alpha value is -2.28. The fourth-order valence-corrected chi connectivity index (χ4v) is 3.34. The number of amides is 2. The molecule has 0 bridgehead atoms. The van der Waals surface area contributed by atoms with Gasteiger partial charge in [0.05, 0.1) is 0 Å². The van der Waals surface area contributed by atoms with Crippen LogP contribution in [0, 0.1) is 18.3 Å². The summed E-state index contributed by atoms with van der Waals surface area (Å²) in [5.74, 6) is -0.452. The molecule has 27 heavy (non-hydrogen) atoms. The van der Waals surface area contributed by atoms with E-state index in [2.05, 4.69) is 20.8 Å². The van der Waals surface area contributed by atoms with Gasteiger partial charge in [-0.1, -0.05) is 69.7 Å². The molecule has 2 N–H and O–H groups in total. The molecule has 1 heterocycles. The average molecular weight is 389 g/mol.